The number of carbonyl (C=O) groups is 1. The van der Waals surface area contributed by atoms with Crippen LogP contribution in [0.1, 0.15) is 28.7 Å². The lowest BCUT2D eigenvalue weighted by Crippen LogP contribution is -2.16. The number of carboxylic acid groups (broad SMARTS) is 1. The quantitative estimate of drug-likeness (QED) is 0.774. The molecule has 4 heteroatoms. The summed E-state index contributed by atoms with van der Waals surface area (Å²) in [7, 11) is 0. The van der Waals surface area contributed by atoms with Gasteiger partial charge < -0.3 is 9.67 Å². The lowest BCUT2D eigenvalue weighted by Gasteiger charge is -2.13. The predicted octanol–water partition coefficient (Wildman–Crippen LogP) is 3.68. The Morgan fingerprint density at radius 1 is 1.08 bits per heavy atom. The van der Waals surface area contributed by atoms with Gasteiger partial charge in [-0.25, -0.2) is 0 Å². The van der Waals surface area contributed by atoms with Crippen molar-refractivity contribution < 1.29 is 9.90 Å². The van der Waals surface area contributed by atoms with E-state index in [1.54, 1.807) is 0 Å². The lowest BCUT2D eigenvalue weighted by molar-refractivity contribution is -0.137. The zero-order valence-electron chi connectivity index (χ0n) is 14.5. The summed E-state index contributed by atoms with van der Waals surface area (Å²) in [6.45, 7) is 4.32. The van der Waals surface area contributed by atoms with Crippen molar-refractivity contribution in [3.8, 4) is 0 Å². The van der Waals surface area contributed by atoms with E-state index < -0.39 is 5.97 Å². The highest BCUT2D eigenvalue weighted by atomic mass is 16.4. The van der Waals surface area contributed by atoms with E-state index in [1.807, 2.05) is 61.0 Å². The molecule has 0 spiro atoms. The SMILES string of the molecule is Cc1cccc(Cc2cn(CCC(=O)O)c3ccc(C)cc3c2=O)c1. The van der Waals surface area contributed by atoms with Gasteiger partial charge in [0, 0.05) is 30.1 Å². The molecule has 0 aliphatic carbocycles. The highest BCUT2D eigenvalue weighted by Gasteiger charge is 2.11. The van der Waals surface area contributed by atoms with Crippen molar-refractivity contribution in [2.45, 2.75) is 33.2 Å². The van der Waals surface area contributed by atoms with Crippen molar-refractivity contribution in [3.05, 3.63) is 81.1 Å². The molecular formula is C21H21NO3. The van der Waals surface area contributed by atoms with Crippen molar-refractivity contribution in [1.82, 2.24) is 4.57 Å². The molecule has 0 aliphatic rings. The summed E-state index contributed by atoms with van der Waals surface area (Å²) in [4.78, 5) is 23.9. The molecule has 0 aliphatic heterocycles. The van der Waals surface area contributed by atoms with Crippen LogP contribution in [0.5, 0.6) is 0 Å². The Labute approximate surface area is 146 Å². The third-order valence-corrected chi connectivity index (χ3v) is 4.35. The number of fused-ring (bicyclic) bond motifs is 1. The maximum absolute atomic E-state index is 12.9. The molecule has 0 bridgehead atoms. The van der Waals surface area contributed by atoms with Gasteiger partial charge in [0.25, 0.3) is 0 Å². The van der Waals surface area contributed by atoms with E-state index in [0.717, 1.165) is 22.2 Å². The Kier molecular flexibility index (Phi) is 4.70. The van der Waals surface area contributed by atoms with Crippen LogP contribution in [0.2, 0.25) is 0 Å². The summed E-state index contributed by atoms with van der Waals surface area (Å²) in [5.74, 6) is -0.848. The van der Waals surface area contributed by atoms with Gasteiger partial charge in [-0.15, -0.1) is 0 Å². The highest BCUT2D eigenvalue weighted by Crippen LogP contribution is 2.17. The standard InChI is InChI=1S/C21H21NO3/c1-14-4-3-5-16(10-14)12-17-13-22(9-8-20(23)24)19-7-6-15(2)11-18(19)21(17)25/h3-7,10-11,13H,8-9,12H2,1-2H3,(H,23,24). The largest absolute Gasteiger partial charge is 0.481 e. The summed E-state index contributed by atoms with van der Waals surface area (Å²) >= 11 is 0. The minimum atomic E-state index is -0.848. The van der Waals surface area contributed by atoms with E-state index in [2.05, 4.69) is 6.07 Å². The molecule has 4 nitrogen and oxygen atoms in total. The molecule has 0 fully saturated rings. The molecule has 1 heterocycles. The Hall–Kier alpha value is -2.88. The molecule has 128 valence electrons. The number of pyridine rings is 1. The third kappa shape index (κ3) is 3.79. The van der Waals surface area contributed by atoms with Crippen molar-refractivity contribution in [1.29, 1.82) is 0 Å². The van der Waals surface area contributed by atoms with E-state index in [-0.39, 0.29) is 11.8 Å². The normalized spacial score (nSPS) is 11.0. The summed E-state index contributed by atoms with van der Waals surface area (Å²) < 4.78 is 1.88. The first kappa shape index (κ1) is 17.0. The summed E-state index contributed by atoms with van der Waals surface area (Å²) in [5, 5.41) is 9.65. The van der Waals surface area contributed by atoms with Crippen LogP contribution < -0.4 is 5.43 Å². The van der Waals surface area contributed by atoms with Gasteiger partial charge in [0.2, 0.25) is 0 Å². The van der Waals surface area contributed by atoms with E-state index in [4.69, 9.17) is 5.11 Å². The number of aliphatic carboxylic acids is 1. The van der Waals surface area contributed by atoms with Gasteiger partial charge in [0.1, 0.15) is 0 Å². The van der Waals surface area contributed by atoms with E-state index in [1.165, 1.54) is 0 Å². The van der Waals surface area contributed by atoms with Crippen LogP contribution in [0.15, 0.2) is 53.5 Å². The summed E-state index contributed by atoms with van der Waals surface area (Å²) in [6, 6.07) is 13.8. The minimum Gasteiger partial charge on any atom is -0.481 e. The van der Waals surface area contributed by atoms with Gasteiger partial charge in [-0.3, -0.25) is 9.59 Å². The fourth-order valence-electron chi connectivity index (χ4n) is 3.14. The maximum atomic E-state index is 12.9. The molecule has 0 amide bonds. The Bertz CT molecular complexity index is 1000. The summed E-state index contributed by atoms with van der Waals surface area (Å²) in [6.07, 6.45) is 2.37. The van der Waals surface area contributed by atoms with Crippen LogP contribution in [-0.4, -0.2) is 15.6 Å². The molecule has 3 aromatic rings. The number of carboxylic acids is 1. The Morgan fingerprint density at radius 3 is 2.56 bits per heavy atom. The average Bonchev–Trinajstić information content (AvgIpc) is 2.56. The molecular weight excluding hydrogens is 314 g/mol. The maximum Gasteiger partial charge on any atom is 0.305 e. The zero-order chi connectivity index (χ0) is 18.0. The second kappa shape index (κ2) is 6.93. The molecule has 2 aromatic carbocycles. The molecule has 0 radical (unpaired) electrons. The molecule has 0 unspecified atom stereocenters. The molecule has 0 atom stereocenters. The number of nitrogens with zero attached hydrogens (tertiary/aromatic N) is 1. The first-order valence-electron chi connectivity index (χ1n) is 8.34. The van der Waals surface area contributed by atoms with Gasteiger partial charge in [0.15, 0.2) is 5.43 Å². The average molecular weight is 335 g/mol. The molecule has 0 saturated carbocycles. The number of hydrogen-bond donors (Lipinski definition) is 1. The van der Waals surface area contributed by atoms with Gasteiger partial charge in [0.05, 0.1) is 11.9 Å². The van der Waals surface area contributed by atoms with Crippen molar-refractivity contribution in [2.24, 2.45) is 0 Å². The molecule has 1 aromatic heterocycles. The number of aromatic nitrogens is 1. The van der Waals surface area contributed by atoms with Gasteiger partial charge in [-0.1, -0.05) is 41.5 Å². The van der Waals surface area contributed by atoms with Crippen molar-refractivity contribution in [3.63, 3.8) is 0 Å². The fourth-order valence-corrected chi connectivity index (χ4v) is 3.14. The molecule has 0 saturated heterocycles. The highest BCUT2D eigenvalue weighted by molar-refractivity contribution is 5.80. The van der Waals surface area contributed by atoms with Gasteiger partial charge in [-0.05, 0) is 31.5 Å². The van der Waals surface area contributed by atoms with E-state index >= 15 is 0 Å². The first-order chi connectivity index (χ1) is 11.9. The zero-order valence-corrected chi connectivity index (χ0v) is 14.5. The van der Waals surface area contributed by atoms with E-state index in [9.17, 15) is 9.59 Å². The second-order valence-electron chi connectivity index (χ2n) is 6.51. The Morgan fingerprint density at radius 2 is 1.84 bits per heavy atom. The topological polar surface area (TPSA) is 59.3 Å². The molecule has 25 heavy (non-hydrogen) atoms. The lowest BCUT2D eigenvalue weighted by atomic mass is 10.0. The predicted molar refractivity (Wildman–Crippen MR) is 99.2 cm³/mol. The monoisotopic (exact) mass is 335 g/mol. The van der Waals surface area contributed by atoms with Gasteiger partial charge in [-0.2, -0.15) is 0 Å². The fraction of sp³-hybridized carbons (Fsp3) is 0.238. The Balaban J connectivity index is 2.12. The number of aryl methyl sites for hydroxylation is 3. The molecule has 3 rings (SSSR count). The van der Waals surface area contributed by atoms with Crippen LogP contribution in [-0.2, 0) is 17.8 Å². The van der Waals surface area contributed by atoms with Gasteiger partial charge >= 0.3 is 5.97 Å². The second-order valence-corrected chi connectivity index (χ2v) is 6.51. The van der Waals surface area contributed by atoms with Crippen molar-refractivity contribution in [2.75, 3.05) is 0 Å². The van der Waals surface area contributed by atoms with E-state index in [0.29, 0.717) is 23.9 Å². The van der Waals surface area contributed by atoms with Crippen LogP contribution in [0.4, 0.5) is 0 Å². The van der Waals surface area contributed by atoms with Crippen LogP contribution in [0, 0.1) is 13.8 Å². The minimum absolute atomic E-state index is 0.0202. The smallest absolute Gasteiger partial charge is 0.305 e. The number of rotatable bonds is 5. The van der Waals surface area contributed by atoms with Crippen LogP contribution in [0.25, 0.3) is 10.9 Å². The number of benzene rings is 2. The number of hydrogen-bond acceptors (Lipinski definition) is 2. The summed E-state index contributed by atoms with van der Waals surface area (Å²) in [5.41, 5.74) is 4.74. The van der Waals surface area contributed by atoms with Crippen LogP contribution in [0.3, 0.4) is 0 Å². The van der Waals surface area contributed by atoms with Crippen molar-refractivity contribution >= 4 is 16.9 Å². The first-order valence-corrected chi connectivity index (χ1v) is 8.34. The third-order valence-electron chi connectivity index (χ3n) is 4.35. The molecule has 1 N–H and O–H groups in total. The van der Waals surface area contributed by atoms with Crippen LogP contribution >= 0.6 is 0 Å².